The monoisotopic (exact) mass is 458 g/mol. The summed E-state index contributed by atoms with van der Waals surface area (Å²) < 4.78 is 5.19. The van der Waals surface area contributed by atoms with Gasteiger partial charge in [-0.25, -0.2) is 9.78 Å². The van der Waals surface area contributed by atoms with Gasteiger partial charge in [-0.05, 0) is 56.7 Å². The summed E-state index contributed by atoms with van der Waals surface area (Å²) in [5.74, 6) is -1.80. The van der Waals surface area contributed by atoms with Crippen LogP contribution in [0.2, 0.25) is 0 Å². The van der Waals surface area contributed by atoms with Gasteiger partial charge in [0, 0.05) is 16.0 Å². The molecule has 2 amide bonds. The third kappa shape index (κ3) is 4.00. The Balaban J connectivity index is 1.48. The molecule has 3 aromatic heterocycles. The number of fused-ring (bicyclic) bond motifs is 2. The number of pyridine rings is 1. The maximum Gasteiger partial charge on any atom is 0.351 e. The molecule has 0 saturated heterocycles. The summed E-state index contributed by atoms with van der Waals surface area (Å²) in [6, 6.07) is 1.89. The fourth-order valence-electron chi connectivity index (χ4n) is 3.89. The Kier molecular flexibility index (Phi) is 5.67. The number of esters is 1. The van der Waals surface area contributed by atoms with E-state index in [4.69, 9.17) is 16.2 Å². The van der Waals surface area contributed by atoms with Crippen LogP contribution in [0, 0.1) is 13.8 Å². The molecule has 0 bridgehead atoms. The second-order valence-corrected chi connectivity index (χ2v) is 9.61. The normalized spacial score (nSPS) is 13.1. The number of aromatic nitrogens is 1. The third-order valence-corrected chi connectivity index (χ3v) is 7.50. The maximum atomic E-state index is 12.6. The van der Waals surface area contributed by atoms with Crippen molar-refractivity contribution in [3.05, 3.63) is 38.2 Å². The first-order chi connectivity index (χ1) is 14.8. The number of rotatable bonds is 5. The number of primary amides is 1. The second kappa shape index (κ2) is 8.27. The minimum absolute atomic E-state index is 0.216. The number of nitrogens with one attached hydrogen (secondary N) is 1. The molecule has 3 aromatic rings. The summed E-state index contributed by atoms with van der Waals surface area (Å²) in [7, 11) is 0. The molecule has 31 heavy (non-hydrogen) atoms. The van der Waals surface area contributed by atoms with Crippen LogP contribution in [0.3, 0.4) is 0 Å². The lowest BCUT2D eigenvalue weighted by Crippen LogP contribution is -2.23. The SMILES string of the molecule is Cc1cc(C)c2c(N)c(C(=O)OCC(=O)Nc3sc4c(c3C(N)=O)CCCC4)sc2n1. The lowest BCUT2D eigenvalue weighted by molar-refractivity contribution is -0.119. The number of hydrogen-bond acceptors (Lipinski definition) is 8. The van der Waals surface area contributed by atoms with Gasteiger partial charge in [-0.1, -0.05) is 0 Å². The first kappa shape index (κ1) is 21.3. The van der Waals surface area contributed by atoms with Crippen molar-refractivity contribution in [1.82, 2.24) is 4.98 Å². The average Bonchev–Trinajstić information content (AvgIpc) is 3.23. The van der Waals surface area contributed by atoms with Gasteiger partial charge in [0.25, 0.3) is 11.8 Å². The molecule has 0 unspecified atom stereocenters. The predicted octanol–water partition coefficient (Wildman–Crippen LogP) is 3.33. The molecular weight excluding hydrogens is 436 g/mol. The molecule has 0 saturated carbocycles. The number of carbonyl (C=O) groups is 3. The Hall–Kier alpha value is -2.98. The van der Waals surface area contributed by atoms with Crippen molar-refractivity contribution in [2.45, 2.75) is 39.5 Å². The number of hydrogen-bond donors (Lipinski definition) is 3. The van der Waals surface area contributed by atoms with Gasteiger partial charge < -0.3 is 21.5 Å². The number of nitrogen functional groups attached to an aromatic ring is 1. The largest absolute Gasteiger partial charge is 0.451 e. The van der Waals surface area contributed by atoms with E-state index in [0.29, 0.717) is 21.1 Å². The molecule has 4 rings (SSSR count). The molecule has 162 valence electrons. The van der Waals surface area contributed by atoms with Crippen LogP contribution in [0.1, 0.15) is 54.6 Å². The van der Waals surface area contributed by atoms with Crippen LogP contribution in [0.25, 0.3) is 10.2 Å². The van der Waals surface area contributed by atoms with Crippen molar-refractivity contribution >= 4 is 61.4 Å². The standard InChI is InChI=1S/C21H22N4O4S2/c1-9-7-10(2)24-19-14(9)16(22)17(31-19)21(28)29-8-13(26)25-20-15(18(23)27)11-5-3-4-6-12(11)30-20/h7H,3-6,8,22H2,1-2H3,(H2,23,27)(H,25,26). The van der Waals surface area contributed by atoms with E-state index in [1.165, 1.54) is 11.3 Å². The zero-order valence-corrected chi connectivity index (χ0v) is 18.8. The molecule has 1 aliphatic rings. The Morgan fingerprint density at radius 3 is 2.68 bits per heavy atom. The molecule has 3 heterocycles. The molecule has 0 aromatic carbocycles. The highest BCUT2D eigenvalue weighted by molar-refractivity contribution is 7.21. The maximum absolute atomic E-state index is 12.6. The number of ether oxygens (including phenoxy) is 1. The Bertz CT molecular complexity index is 1230. The summed E-state index contributed by atoms with van der Waals surface area (Å²) >= 11 is 2.50. The highest BCUT2D eigenvalue weighted by Crippen LogP contribution is 2.38. The van der Waals surface area contributed by atoms with Crippen LogP contribution in [-0.2, 0) is 22.4 Å². The summed E-state index contributed by atoms with van der Waals surface area (Å²) in [4.78, 5) is 43.3. The minimum Gasteiger partial charge on any atom is -0.451 e. The van der Waals surface area contributed by atoms with Crippen LogP contribution in [0.15, 0.2) is 6.07 Å². The average molecular weight is 459 g/mol. The molecule has 0 atom stereocenters. The van der Waals surface area contributed by atoms with Gasteiger partial charge in [0.2, 0.25) is 0 Å². The lowest BCUT2D eigenvalue weighted by atomic mass is 9.95. The summed E-state index contributed by atoms with van der Waals surface area (Å²) in [5, 5.41) is 3.81. The van der Waals surface area contributed by atoms with Gasteiger partial charge in [-0.15, -0.1) is 22.7 Å². The molecule has 8 nitrogen and oxygen atoms in total. The van der Waals surface area contributed by atoms with Crippen molar-refractivity contribution in [3.63, 3.8) is 0 Å². The Morgan fingerprint density at radius 1 is 1.19 bits per heavy atom. The summed E-state index contributed by atoms with van der Waals surface area (Å²) in [6.45, 7) is 3.27. The Morgan fingerprint density at radius 2 is 1.94 bits per heavy atom. The number of nitrogens with zero attached hydrogens (tertiary/aromatic N) is 1. The lowest BCUT2D eigenvalue weighted by Gasteiger charge is -2.11. The highest BCUT2D eigenvalue weighted by atomic mass is 32.1. The molecule has 0 spiro atoms. The number of aryl methyl sites for hydroxylation is 3. The van der Waals surface area contributed by atoms with E-state index in [2.05, 4.69) is 10.3 Å². The van der Waals surface area contributed by atoms with E-state index in [-0.39, 0.29) is 4.88 Å². The molecule has 0 radical (unpaired) electrons. The number of thiophene rings is 2. The zero-order chi connectivity index (χ0) is 22.3. The van der Waals surface area contributed by atoms with Crippen LogP contribution in [-0.4, -0.2) is 29.4 Å². The van der Waals surface area contributed by atoms with Gasteiger partial charge in [0.15, 0.2) is 6.61 Å². The van der Waals surface area contributed by atoms with Crippen molar-refractivity contribution in [3.8, 4) is 0 Å². The second-order valence-electron chi connectivity index (χ2n) is 7.51. The van der Waals surface area contributed by atoms with E-state index in [1.54, 1.807) is 0 Å². The number of anilines is 2. The Labute approximate surface area is 186 Å². The number of carbonyl (C=O) groups excluding carboxylic acids is 3. The molecule has 10 heteroatoms. The van der Waals surface area contributed by atoms with E-state index in [1.807, 2.05) is 19.9 Å². The first-order valence-corrected chi connectivity index (χ1v) is 11.5. The predicted molar refractivity (Wildman–Crippen MR) is 122 cm³/mol. The first-order valence-electron chi connectivity index (χ1n) is 9.83. The molecule has 5 N–H and O–H groups in total. The topological polar surface area (TPSA) is 137 Å². The van der Waals surface area contributed by atoms with Crippen molar-refractivity contribution in [2.24, 2.45) is 5.73 Å². The fourth-order valence-corrected chi connectivity index (χ4v) is 6.32. The number of nitrogens with two attached hydrogens (primary N) is 2. The summed E-state index contributed by atoms with van der Waals surface area (Å²) in [5.41, 5.74) is 15.0. The minimum atomic E-state index is -0.687. The van der Waals surface area contributed by atoms with Crippen molar-refractivity contribution in [1.29, 1.82) is 0 Å². The third-order valence-electron chi connectivity index (χ3n) is 5.21. The van der Waals surface area contributed by atoms with Crippen molar-refractivity contribution < 1.29 is 19.1 Å². The van der Waals surface area contributed by atoms with Crippen molar-refractivity contribution in [2.75, 3.05) is 17.7 Å². The van der Waals surface area contributed by atoms with Crippen LogP contribution >= 0.6 is 22.7 Å². The molecular formula is C21H22N4O4S2. The van der Waals surface area contributed by atoms with Gasteiger partial charge >= 0.3 is 5.97 Å². The van der Waals surface area contributed by atoms with E-state index >= 15 is 0 Å². The fraction of sp³-hybridized carbons (Fsp3) is 0.333. The number of amides is 2. The molecule has 1 aliphatic carbocycles. The molecule has 0 fully saturated rings. The van der Waals surface area contributed by atoms with Gasteiger partial charge in [0.05, 0.1) is 11.3 Å². The van der Waals surface area contributed by atoms with Crippen LogP contribution in [0.5, 0.6) is 0 Å². The summed E-state index contributed by atoms with van der Waals surface area (Å²) in [6.07, 6.45) is 3.66. The van der Waals surface area contributed by atoms with Gasteiger partial charge in [0.1, 0.15) is 14.7 Å². The van der Waals surface area contributed by atoms with Crippen LogP contribution in [0.4, 0.5) is 10.7 Å². The van der Waals surface area contributed by atoms with Crippen LogP contribution < -0.4 is 16.8 Å². The molecule has 0 aliphatic heterocycles. The smallest absolute Gasteiger partial charge is 0.351 e. The van der Waals surface area contributed by atoms with E-state index in [0.717, 1.165) is 64.1 Å². The highest BCUT2D eigenvalue weighted by Gasteiger charge is 2.26. The zero-order valence-electron chi connectivity index (χ0n) is 17.2. The van der Waals surface area contributed by atoms with Gasteiger partial charge in [-0.2, -0.15) is 0 Å². The van der Waals surface area contributed by atoms with Gasteiger partial charge in [-0.3, -0.25) is 9.59 Å². The van der Waals surface area contributed by atoms with E-state index < -0.39 is 24.4 Å². The quantitative estimate of drug-likeness (QED) is 0.502. The van der Waals surface area contributed by atoms with E-state index in [9.17, 15) is 14.4 Å².